The van der Waals surface area contributed by atoms with Crippen LogP contribution >= 0.6 is 0 Å². The number of rotatable bonds is 3. The van der Waals surface area contributed by atoms with Crippen molar-refractivity contribution < 1.29 is 9.59 Å². The number of likely N-dealkylation sites (tertiary alicyclic amines) is 2. The minimum Gasteiger partial charge on any atom is -0.342 e. The van der Waals surface area contributed by atoms with Crippen molar-refractivity contribution in [3.8, 4) is 0 Å². The van der Waals surface area contributed by atoms with Gasteiger partial charge in [-0.25, -0.2) is 0 Å². The van der Waals surface area contributed by atoms with Gasteiger partial charge in [0.2, 0.25) is 11.8 Å². The molecule has 3 aliphatic rings. The first-order valence-electron chi connectivity index (χ1n) is 9.98. The van der Waals surface area contributed by atoms with Gasteiger partial charge in [0.15, 0.2) is 0 Å². The third-order valence-corrected chi connectivity index (χ3v) is 5.88. The minimum atomic E-state index is 0.140. The number of hydrogen-bond acceptors (Lipinski definition) is 2. The molecular formula is C20H32N2O2. The maximum atomic E-state index is 12.7. The van der Waals surface area contributed by atoms with Crippen LogP contribution in [-0.2, 0) is 9.59 Å². The number of amides is 2. The van der Waals surface area contributed by atoms with E-state index in [1.807, 2.05) is 4.90 Å². The van der Waals surface area contributed by atoms with Gasteiger partial charge >= 0.3 is 0 Å². The van der Waals surface area contributed by atoms with Gasteiger partial charge in [0, 0.05) is 38.5 Å². The Hall–Kier alpha value is -1.32. The van der Waals surface area contributed by atoms with Gasteiger partial charge in [0.05, 0.1) is 0 Å². The summed E-state index contributed by atoms with van der Waals surface area (Å²) in [6, 6.07) is 0. The van der Waals surface area contributed by atoms with Crippen molar-refractivity contribution in [3.05, 3.63) is 11.6 Å². The van der Waals surface area contributed by atoms with E-state index in [-0.39, 0.29) is 11.8 Å². The second-order valence-corrected chi connectivity index (χ2v) is 7.68. The third kappa shape index (κ3) is 4.61. The van der Waals surface area contributed by atoms with Gasteiger partial charge in [-0.2, -0.15) is 0 Å². The Morgan fingerprint density at radius 1 is 0.875 bits per heavy atom. The molecule has 2 amide bonds. The Kier molecular flexibility index (Phi) is 6.33. The molecule has 24 heavy (non-hydrogen) atoms. The lowest BCUT2D eigenvalue weighted by Crippen LogP contribution is -2.44. The van der Waals surface area contributed by atoms with E-state index in [1.54, 1.807) is 0 Å². The lowest BCUT2D eigenvalue weighted by molar-refractivity contribution is -0.140. The highest BCUT2D eigenvalue weighted by Crippen LogP contribution is 2.25. The molecule has 1 aliphatic carbocycles. The number of carbonyl (C=O) groups is 2. The van der Waals surface area contributed by atoms with E-state index in [1.165, 1.54) is 31.3 Å². The van der Waals surface area contributed by atoms with Crippen LogP contribution in [0.4, 0.5) is 0 Å². The molecule has 2 heterocycles. The molecule has 4 heteroatoms. The predicted octanol–water partition coefficient (Wildman–Crippen LogP) is 3.52. The number of piperidine rings is 1. The van der Waals surface area contributed by atoms with Crippen LogP contribution in [-0.4, -0.2) is 47.8 Å². The topological polar surface area (TPSA) is 40.6 Å². The Labute approximate surface area is 146 Å². The zero-order valence-corrected chi connectivity index (χ0v) is 15.0. The number of carbonyl (C=O) groups excluding carboxylic acids is 2. The van der Waals surface area contributed by atoms with Crippen LogP contribution < -0.4 is 0 Å². The van der Waals surface area contributed by atoms with Crippen LogP contribution in [0.15, 0.2) is 11.6 Å². The highest BCUT2D eigenvalue weighted by molar-refractivity contribution is 5.81. The summed E-state index contributed by atoms with van der Waals surface area (Å²) in [5.74, 6) is 0.754. The first-order valence-corrected chi connectivity index (χ1v) is 9.98. The van der Waals surface area contributed by atoms with Crippen LogP contribution in [0.1, 0.15) is 70.6 Å². The van der Waals surface area contributed by atoms with Crippen molar-refractivity contribution in [2.75, 3.05) is 26.2 Å². The summed E-state index contributed by atoms with van der Waals surface area (Å²) < 4.78 is 0. The maximum absolute atomic E-state index is 12.7. The maximum Gasteiger partial charge on any atom is 0.226 e. The van der Waals surface area contributed by atoms with Gasteiger partial charge in [-0.15, -0.1) is 0 Å². The predicted molar refractivity (Wildman–Crippen MR) is 95.5 cm³/mol. The molecule has 0 radical (unpaired) electrons. The van der Waals surface area contributed by atoms with Crippen molar-refractivity contribution >= 4 is 11.8 Å². The lowest BCUT2D eigenvalue weighted by atomic mass is 9.93. The number of hydrogen-bond donors (Lipinski definition) is 0. The van der Waals surface area contributed by atoms with Crippen LogP contribution in [0.2, 0.25) is 0 Å². The fourth-order valence-electron chi connectivity index (χ4n) is 4.30. The Balaban J connectivity index is 1.45. The average Bonchev–Trinajstić information content (AvgIpc) is 2.91. The van der Waals surface area contributed by atoms with Crippen molar-refractivity contribution in [3.63, 3.8) is 0 Å². The normalized spacial score (nSPS) is 23.6. The van der Waals surface area contributed by atoms with Crippen LogP contribution in [0.25, 0.3) is 0 Å². The number of allylic oxidation sites excluding steroid dienone is 1. The molecule has 0 spiro atoms. The standard InChI is InChI=1S/C20H32N2O2/c23-19(16-17-8-4-3-5-9-17)21-14-10-18(11-15-21)20(24)22-12-6-1-2-7-13-22/h8,18H,1-7,9-16H2. The Morgan fingerprint density at radius 2 is 1.58 bits per heavy atom. The Bertz CT molecular complexity index is 470. The largest absolute Gasteiger partial charge is 0.342 e. The SMILES string of the molecule is O=C(CC1=CCCCC1)N1CCC(C(=O)N2CCCCCC2)CC1. The van der Waals surface area contributed by atoms with Gasteiger partial charge in [0.25, 0.3) is 0 Å². The summed E-state index contributed by atoms with van der Waals surface area (Å²) in [6.45, 7) is 3.39. The van der Waals surface area contributed by atoms with E-state index in [4.69, 9.17) is 0 Å². The van der Waals surface area contributed by atoms with Crippen molar-refractivity contribution in [2.24, 2.45) is 5.92 Å². The van der Waals surface area contributed by atoms with Gasteiger partial charge < -0.3 is 9.80 Å². The molecule has 3 rings (SSSR count). The lowest BCUT2D eigenvalue weighted by Gasteiger charge is -2.34. The van der Waals surface area contributed by atoms with Crippen molar-refractivity contribution in [1.29, 1.82) is 0 Å². The van der Waals surface area contributed by atoms with E-state index in [9.17, 15) is 9.59 Å². The zero-order valence-electron chi connectivity index (χ0n) is 15.0. The molecule has 4 nitrogen and oxygen atoms in total. The summed E-state index contributed by atoms with van der Waals surface area (Å²) in [6.07, 6.45) is 14.1. The second-order valence-electron chi connectivity index (χ2n) is 7.68. The summed E-state index contributed by atoms with van der Waals surface area (Å²) in [4.78, 5) is 29.3. The van der Waals surface area contributed by atoms with Gasteiger partial charge in [-0.1, -0.05) is 24.5 Å². The molecule has 0 aromatic carbocycles. The first-order chi connectivity index (χ1) is 11.7. The van der Waals surface area contributed by atoms with E-state index < -0.39 is 0 Å². The summed E-state index contributed by atoms with van der Waals surface area (Å²) in [7, 11) is 0. The highest BCUT2D eigenvalue weighted by Gasteiger charge is 2.30. The fraction of sp³-hybridized carbons (Fsp3) is 0.800. The summed E-state index contributed by atoms with van der Waals surface area (Å²) in [5, 5.41) is 0. The monoisotopic (exact) mass is 332 g/mol. The third-order valence-electron chi connectivity index (χ3n) is 5.88. The molecule has 0 saturated carbocycles. The van der Waals surface area contributed by atoms with E-state index >= 15 is 0 Å². The fourth-order valence-corrected chi connectivity index (χ4v) is 4.30. The van der Waals surface area contributed by atoms with E-state index in [0.29, 0.717) is 12.3 Å². The van der Waals surface area contributed by atoms with E-state index in [0.717, 1.165) is 64.7 Å². The molecule has 0 N–H and O–H groups in total. The molecule has 0 unspecified atom stereocenters. The minimum absolute atomic E-state index is 0.140. The van der Waals surface area contributed by atoms with Crippen LogP contribution in [0, 0.1) is 5.92 Å². The quantitative estimate of drug-likeness (QED) is 0.742. The van der Waals surface area contributed by atoms with Crippen molar-refractivity contribution in [1.82, 2.24) is 9.80 Å². The molecule has 0 bridgehead atoms. The molecule has 2 saturated heterocycles. The molecule has 134 valence electrons. The second kappa shape index (κ2) is 8.68. The molecule has 2 fully saturated rings. The van der Waals surface area contributed by atoms with Gasteiger partial charge in [-0.3, -0.25) is 9.59 Å². The molecular weight excluding hydrogens is 300 g/mol. The van der Waals surface area contributed by atoms with Gasteiger partial charge in [0.1, 0.15) is 0 Å². The first kappa shape index (κ1) is 17.5. The molecule has 0 aromatic rings. The van der Waals surface area contributed by atoms with E-state index in [2.05, 4.69) is 11.0 Å². The molecule has 2 aliphatic heterocycles. The zero-order chi connectivity index (χ0) is 16.8. The molecule has 0 atom stereocenters. The summed E-state index contributed by atoms with van der Waals surface area (Å²) in [5.41, 5.74) is 1.33. The Morgan fingerprint density at radius 3 is 2.21 bits per heavy atom. The smallest absolute Gasteiger partial charge is 0.226 e. The average molecular weight is 332 g/mol. The van der Waals surface area contributed by atoms with Crippen LogP contribution in [0.5, 0.6) is 0 Å². The molecule has 0 aromatic heterocycles. The number of nitrogens with zero attached hydrogens (tertiary/aromatic N) is 2. The summed E-state index contributed by atoms with van der Waals surface area (Å²) >= 11 is 0. The highest BCUT2D eigenvalue weighted by atomic mass is 16.2. The van der Waals surface area contributed by atoms with Crippen LogP contribution in [0.3, 0.4) is 0 Å². The van der Waals surface area contributed by atoms with Crippen molar-refractivity contribution in [2.45, 2.75) is 70.6 Å². The van der Waals surface area contributed by atoms with Gasteiger partial charge in [-0.05, 0) is 51.4 Å².